The van der Waals surface area contributed by atoms with Crippen LogP contribution in [0.3, 0.4) is 0 Å². The van der Waals surface area contributed by atoms with Gasteiger partial charge in [-0.1, -0.05) is 0 Å². The number of amides is 1. The maximum Gasteiger partial charge on any atom is 0.410 e. The highest BCUT2D eigenvalue weighted by Gasteiger charge is 2.45. The number of hydrogen-bond donors (Lipinski definition) is 2. The number of fused-ring (bicyclic) bond motifs is 1. The molecule has 0 radical (unpaired) electrons. The minimum Gasteiger partial charge on any atom is -0.367 e. The van der Waals surface area contributed by atoms with Crippen molar-refractivity contribution in [2.24, 2.45) is 7.05 Å². The quantitative estimate of drug-likeness (QED) is 0.679. The third-order valence-electron chi connectivity index (χ3n) is 4.05. The third kappa shape index (κ3) is 3.46. The number of aryl methyl sites for hydroxylation is 1. The Morgan fingerprint density at radius 1 is 1.44 bits per heavy atom. The van der Waals surface area contributed by atoms with E-state index in [0.29, 0.717) is 20.6 Å². The molecule has 2 aromatic heterocycles. The largest absolute Gasteiger partial charge is 0.410 e. The fourth-order valence-corrected chi connectivity index (χ4v) is 3.57. The number of halogens is 4. The highest BCUT2D eigenvalue weighted by molar-refractivity contribution is 14.1. The van der Waals surface area contributed by atoms with Crippen LogP contribution in [0.5, 0.6) is 0 Å². The Labute approximate surface area is 155 Å². The second-order valence-corrected chi connectivity index (χ2v) is 7.11. The summed E-state index contributed by atoms with van der Waals surface area (Å²) in [4.78, 5) is 12.3. The molecule has 1 aliphatic heterocycles. The summed E-state index contributed by atoms with van der Waals surface area (Å²) in [6.07, 6.45) is -1.54. The van der Waals surface area contributed by atoms with Gasteiger partial charge in [-0.15, -0.1) is 0 Å². The molecule has 2 aromatic rings. The summed E-state index contributed by atoms with van der Waals surface area (Å²) in [5, 5.41) is 13.6. The van der Waals surface area contributed by atoms with Gasteiger partial charge in [0.1, 0.15) is 11.5 Å². The molecule has 2 N–H and O–H groups in total. The molecular weight excluding hydrogens is 452 g/mol. The van der Waals surface area contributed by atoms with Crippen LogP contribution in [0.2, 0.25) is 0 Å². The minimum atomic E-state index is -4.37. The zero-order valence-corrected chi connectivity index (χ0v) is 15.6. The number of nitrogens with one attached hydrogen (secondary N) is 2. The van der Waals surface area contributed by atoms with Crippen LogP contribution in [0.4, 0.5) is 19.0 Å². The van der Waals surface area contributed by atoms with Crippen LogP contribution in [0.25, 0.3) is 0 Å². The molecule has 0 bridgehead atoms. The van der Waals surface area contributed by atoms with E-state index in [0.717, 1.165) is 4.68 Å². The molecule has 0 fully saturated rings. The second kappa shape index (κ2) is 6.50. The summed E-state index contributed by atoms with van der Waals surface area (Å²) < 4.78 is 42.8. The number of carbonyl (C=O) groups is 1. The standard InChI is InChI=1S/C14H16F3IN6O/c1-7-3-10(14(15,16)17)24-12(22-7)8(5-21-24)4-19-13(25)11-9(18)6-20-23(11)2/h5-7,10,22H,3-4H2,1-2H3,(H,19,25)/t7-,10-/m1/s1. The molecule has 0 aromatic carbocycles. The van der Waals surface area contributed by atoms with Gasteiger partial charge in [-0.3, -0.25) is 9.48 Å². The van der Waals surface area contributed by atoms with Crippen LogP contribution in [-0.4, -0.2) is 37.7 Å². The topological polar surface area (TPSA) is 76.8 Å². The van der Waals surface area contributed by atoms with Crippen LogP contribution in [0.15, 0.2) is 12.4 Å². The van der Waals surface area contributed by atoms with Crippen molar-refractivity contribution in [2.45, 2.75) is 38.1 Å². The van der Waals surface area contributed by atoms with E-state index in [-0.39, 0.29) is 24.9 Å². The van der Waals surface area contributed by atoms with Gasteiger partial charge in [0.2, 0.25) is 0 Å². The van der Waals surface area contributed by atoms with E-state index in [1.54, 1.807) is 20.2 Å². The Morgan fingerprint density at radius 3 is 2.76 bits per heavy atom. The van der Waals surface area contributed by atoms with Gasteiger partial charge in [0.15, 0.2) is 6.04 Å². The van der Waals surface area contributed by atoms with Crippen molar-refractivity contribution in [3.63, 3.8) is 0 Å². The van der Waals surface area contributed by atoms with Gasteiger partial charge in [0.05, 0.1) is 16.0 Å². The highest BCUT2D eigenvalue weighted by Crippen LogP contribution is 2.40. The fourth-order valence-electron chi connectivity index (χ4n) is 2.85. The Bertz CT molecular complexity index is 780. The lowest BCUT2D eigenvalue weighted by Crippen LogP contribution is -2.38. The predicted molar refractivity (Wildman–Crippen MR) is 92.1 cm³/mol. The molecule has 11 heteroatoms. The van der Waals surface area contributed by atoms with Crippen LogP contribution < -0.4 is 10.6 Å². The molecule has 0 aliphatic carbocycles. The molecule has 0 saturated carbocycles. The van der Waals surface area contributed by atoms with Gasteiger partial charge in [0.25, 0.3) is 5.91 Å². The van der Waals surface area contributed by atoms with Crippen molar-refractivity contribution in [2.75, 3.05) is 5.32 Å². The summed E-state index contributed by atoms with van der Waals surface area (Å²) in [6, 6.07) is -2.01. The zero-order valence-electron chi connectivity index (χ0n) is 13.4. The molecule has 136 valence electrons. The molecule has 25 heavy (non-hydrogen) atoms. The first-order valence-corrected chi connectivity index (χ1v) is 8.61. The lowest BCUT2D eigenvalue weighted by Gasteiger charge is -2.32. The van der Waals surface area contributed by atoms with E-state index in [1.165, 1.54) is 10.9 Å². The third-order valence-corrected chi connectivity index (χ3v) is 4.84. The molecule has 0 spiro atoms. The predicted octanol–water partition coefficient (Wildman–Crippen LogP) is 2.46. The molecule has 7 nitrogen and oxygen atoms in total. The molecular formula is C14H16F3IN6O. The van der Waals surface area contributed by atoms with Crippen molar-refractivity contribution in [3.8, 4) is 0 Å². The molecule has 1 amide bonds. The van der Waals surface area contributed by atoms with Crippen LogP contribution >= 0.6 is 22.6 Å². The van der Waals surface area contributed by atoms with E-state index >= 15 is 0 Å². The van der Waals surface area contributed by atoms with Gasteiger partial charge in [-0.2, -0.15) is 23.4 Å². The monoisotopic (exact) mass is 468 g/mol. The summed E-state index contributed by atoms with van der Waals surface area (Å²) >= 11 is 2.00. The van der Waals surface area contributed by atoms with E-state index in [4.69, 9.17) is 0 Å². The molecule has 2 atom stereocenters. The van der Waals surface area contributed by atoms with Crippen molar-refractivity contribution < 1.29 is 18.0 Å². The van der Waals surface area contributed by atoms with Gasteiger partial charge >= 0.3 is 6.18 Å². The van der Waals surface area contributed by atoms with E-state index in [2.05, 4.69) is 20.8 Å². The average molecular weight is 468 g/mol. The SMILES string of the molecule is C[C@@H]1C[C@H](C(F)(F)F)n2ncc(CNC(=O)c3c(I)cnn3C)c2N1. The summed E-state index contributed by atoms with van der Waals surface area (Å²) in [7, 11) is 1.65. The Hall–Kier alpha value is -1.79. The normalized spacial score (nSPS) is 20.1. The van der Waals surface area contributed by atoms with Gasteiger partial charge in [0, 0.05) is 25.2 Å². The first-order chi connectivity index (χ1) is 11.7. The number of nitrogens with zero attached hydrogens (tertiary/aromatic N) is 4. The first-order valence-electron chi connectivity index (χ1n) is 7.53. The first kappa shape index (κ1) is 18.0. The number of carbonyl (C=O) groups excluding carboxylic acids is 1. The number of anilines is 1. The smallest absolute Gasteiger partial charge is 0.367 e. The number of aromatic nitrogens is 4. The fraction of sp³-hybridized carbons (Fsp3) is 0.500. The van der Waals surface area contributed by atoms with E-state index in [1.807, 2.05) is 22.6 Å². The van der Waals surface area contributed by atoms with Crippen molar-refractivity contribution in [3.05, 3.63) is 27.2 Å². The minimum absolute atomic E-state index is 0.0692. The Kier molecular flexibility index (Phi) is 4.68. The number of alkyl halides is 3. The van der Waals surface area contributed by atoms with Crippen molar-refractivity contribution >= 4 is 34.3 Å². The van der Waals surface area contributed by atoms with Gasteiger partial charge < -0.3 is 10.6 Å². The molecule has 3 heterocycles. The summed E-state index contributed by atoms with van der Waals surface area (Å²) in [5.74, 6) is -0.0540. The summed E-state index contributed by atoms with van der Waals surface area (Å²) in [6.45, 7) is 1.76. The number of hydrogen-bond acceptors (Lipinski definition) is 4. The van der Waals surface area contributed by atoms with E-state index in [9.17, 15) is 18.0 Å². The Balaban J connectivity index is 1.79. The average Bonchev–Trinajstić information content (AvgIpc) is 3.06. The van der Waals surface area contributed by atoms with Crippen molar-refractivity contribution in [1.29, 1.82) is 0 Å². The Morgan fingerprint density at radius 2 is 2.16 bits per heavy atom. The maximum atomic E-state index is 13.2. The molecule has 1 aliphatic rings. The van der Waals surface area contributed by atoms with E-state index < -0.39 is 12.2 Å². The van der Waals surface area contributed by atoms with Crippen molar-refractivity contribution in [1.82, 2.24) is 24.9 Å². The molecule has 0 saturated heterocycles. The van der Waals surface area contributed by atoms with Crippen LogP contribution in [0.1, 0.15) is 35.4 Å². The second-order valence-electron chi connectivity index (χ2n) is 5.95. The molecule has 0 unspecified atom stereocenters. The van der Waals surface area contributed by atoms with Crippen LogP contribution in [-0.2, 0) is 13.6 Å². The summed E-state index contributed by atoms with van der Waals surface area (Å²) in [5.41, 5.74) is 0.905. The van der Waals surface area contributed by atoms with Gasteiger partial charge in [-0.25, -0.2) is 4.68 Å². The van der Waals surface area contributed by atoms with Gasteiger partial charge in [-0.05, 0) is 35.9 Å². The lowest BCUT2D eigenvalue weighted by molar-refractivity contribution is -0.173. The van der Waals surface area contributed by atoms with Crippen LogP contribution in [0, 0.1) is 3.57 Å². The zero-order chi connectivity index (χ0) is 18.4. The molecule has 3 rings (SSSR count). The lowest BCUT2D eigenvalue weighted by atomic mass is 10.1. The number of rotatable bonds is 3. The maximum absolute atomic E-state index is 13.2. The highest BCUT2D eigenvalue weighted by atomic mass is 127.